The van der Waals surface area contributed by atoms with Gasteiger partial charge >= 0.3 is 6.18 Å². The Bertz CT molecular complexity index is 1370. The minimum atomic E-state index is -4.78. The smallest absolute Gasteiger partial charge is 0.367 e. The Labute approximate surface area is 225 Å². The van der Waals surface area contributed by atoms with E-state index in [9.17, 15) is 26.2 Å². The van der Waals surface area contributed by atoms with Crippen LogP contribution in [0.15, 0.2) is 36.5 Å². The van der Waals surface area contributed by atoms with Crippen LogP contribution in [0.1, 0.15) is 16.7 Å². The van der Waals surface area contributed by atoms with Gasteiger partial charge in [-0.25, -0.2) is 18.0 Å². The minimum Gasteiger partial charge on any atom is -0.367 e. The van der Waals surface area contributed by atoms with E-state index in [1.165, 1.54) is 10.6 Å². The van der Waals surface area contributed by atoms with E-state index < -0.39 is 40.2 Å². The molecule has 0 bridgehead atoms. The molecular weight excluding hydrogens is 541 g/mol. The van der Waals surface area contributed by atoms with Crippen molar-refractivity contribution in [2.45, 2.75) is 19.6 Å². The maximum atomic E-state index is 14.9. The first-order chi connectivity index (χ1) is 18.4. The normalized spacial score (nSPS) is 14.7. The van der Waals surface area contributed by atoms with Crippen LogP contribution in [0.4, 0.5) is 50.8 Å². The molecule has 8 nitrogen and oxygen atoms in total. The van der Waals surface area contributed by atoms with Gasteiger partial charge in [0.2, 0.25) is 5.95 Å². The van der Waals surface area contributed by atoms with Gasteiger partial charge in [0.1, 0.15) is 34.0 Å². The van der Waals surface area contributed by atoms with Gasteiger partial charge in [0.05, 0.1) is 17.1 Å². The fraction of sp³-hybridized carbons (Fsp3) is 0.360. The lowest BCUT2D eigenvalue weighted by Crippen LogP contribution is -2.43. The molecule has 0 amide bonds. The summed E-state index contributed by atoms with van der Waals surface area (Å²) in [6, 6.07) is 7.25. The maximum absolute atomic E-state index is 14.9. The fourth-order valence-electron chi connectivity index (χ4n) is 4.12. The SMILES string of the molecule is Cc1ccc(CNc2nc(Nc3cc(F)c(N4CCNCC4)cc3F)ncc2C(F)(F)F)c(N(C)S(C)=O)c1. The van der Waals surface area contributed by atoms with Gasteiger partial charge in [-0.2, -0.15) is 18.2 Å². The van der Waals surface area contributed by atoms with Gasteiger partial charge in [-0.3, -0.25) is 4.31 Å². The van der Waals surface area contributed by atoms with Crippen molar-refractivity contribution in [1.82, 2.24) is 15.3 Å². The molecule has 39 heavy (non-hydrogen) atoms. The zero-order valence-corrected chi connectivity index (χ0v) is 22.3. The second-order valence-electron chi connectivity index (χ2n) is 9.01. The predicted octanol–water partition coefficient (Wildman–Crippen LogP) is 4.58. The Hall–Kier alpha value is -3.52. The zero-order valence-electron chi connectivity index (χ0n) is 21.5. The first kappa shape index (κ1) is 28.5. The van der Waals surface area contributed by atoms with E-state index in [4.69, 9.17) is 0 Å². The number of hydrogen-bond acceptors (Lipinski definition) is 7. The van der Waals surface area contributed by atoms with Gasteiger partial charge in [0.15, 0.2) is 0 Å². The number of hydrogen-bond donors (Lipinski definition) is 3. The summed E-state index contributed by atoms with van der Waals surface area (Å²) in [4.78, 5) is 9.31. The van der Waals surface area contributed by atoms with E-state index in [1.54, 1.807) is 30.1 Å². The Morgan fingerprint density at radius 2 is 1.85 bits per heavy atom. The van der Waals surface area contributed by atoms with E-state index in [1.807, 2.05) is 6.92 Å². The zero-order chi connectivity index (χ0) is 28.3. The van der Waals surface area contributed by atoms with Crippen LogP contribution in [-0.4, -0.2) is 53.7 Å². The van der Waals surface area contributed by atoms with Gasteiger partial charge in [-0.1, -0.05) is 12.1 Å². The van der Waals surface area contributed by atoms with E-state index in [0.29, 0.717) is 43.6 Å². The molecule has 1 aliphatic heterocycles. The highest BCUT2D eigenvalue weighted by Gasteiger charge is 2.35. The van der Waals surface area contributed by atoms with Crippen LogP contribution in [-0.2, 0) is 23.7 Å². The van der Waals surface area contributed by atoms with Gasteiger partial charge < -0.3 is 20.9 Å². The topological polar surface area (TPSA) is 85.4 Å². The quantitative estimate of drug-likeness (QED) is 0.343. The third-order valence-electron chi connectivity index (χ3n) is 6.25. The monoisotopic (exact) mass is 569 g/mol. The molecule has 1 aromatic heterocycles. The number of nitrogens with zero attached hydrogens (tertiary/aromatic N) is 4. The number of alkyl halides is 3. The van der Waals surface area contributed by atoms with Crippen molar-refractivity contribution < 1.29 is 26.2 Å². The summed E-state index contributed by atoms with van der Waals surface area (Å²) in [5, 5.41) is 8.30. The molecule has 14 heteroatoms. The molecule has 1 atom stereocenters. The highest BCUT2D eigenvalue weighted by Crippen LogP contribution is 2.35. The Kier molecular flexibility index (Phi) is 8.54. The lowest BCUT2D eigenvalue weighted by molar-refractivity contribution is -0.137. The molecule has 3 aromatic rings. The molecular formula is C25H28F5N7OS. The van der Waals surface area contributed by atoms with Gasteiger partial charge in [0.25, 0.3) is 0 Å². The molecule has 210 valence electrons. The second-order valence-corrected chi connectivity index (χ2v) is 10.4. The number of aryl methyl sites for hydroxylation is 1. The predicted molar refractivity (Wildman–Crippen MR) is 143 cm³/mol. The fourth-order valence-corrected chi connectivity index (χ4v) is 4.57. The standard InChI is InChI=1S/C25H28F5N7OS/c1-15-4-5-16(21(10-15)36(2)39(3)38)13-32-23-17(25(28,29)30)14-33-24(35-23)34-20-11-19(27)22(12-18(20)26)37-8-6-31-7-9-37/h4-5,10-12,14,31H,6-9,13H2,1-3H3,(H2,32,33,34,35). The Morgan fingerprint density at radius 1 is 1.13 bits per heavy atom. The number of anilines is 5. The third-order valence-corrected chi connectivity index (χ3v) is 7.21. The molecule has 0 saturated carbocycles. The molecule has 0 spiro atoms. The lowest BCUT2D eigenvalue weighted by atomic mass is 10.1. The first-order valence-corrected chi connectivity index (χ1v) is 13.5. The number of benzene rings is 2. The van der Waals surface area contributed by atoms with Gasteiger partial charge in [-0.05, 0) is 24.1 Å². The summed E-state index contributed by atoms with van der Waals surface area (Å²) in [6.07, 6.45) is -2.72. The van der Waals surface area contributed by atoms with Crippen molar-refractivity contribution in [3.05, 3.63) is 64.9 Å². The van der Waals surface area contributed by atoms with E-state index in [2.05, 4.69) is 25.9 Å². The van der Waals surface area contributed by atoms with E-state index in [0.717, 1.165) is 17.7 Å². The van der Waals surface area contributed by atoms with Gasteiger partial charge in [-0.15, -0.1) is 0 Å². The maximum Gasteiger partial charge on any atom is 0.421 e. The molecule has 1 unspecified atom stereocenters. The first-order valence-electron chi connectivity index (χ1n) is 12.0. The molecule has 3 N–H and O–H groups in total. The van der Waals surface area contributed by atoms with E-state index >= 15 is 0 Å². The van der Waals surface area contributed by atoms with Crippen molar-refractivity contribution in [1.29, 1.82) is 0 Å². The summed E-state index contributed by atoms with van der Waals surface area (Å²) in [6.45, 7) is 4.04. The van der Waals surface area contributed by atoms with Crippen LogP contribution in [0.2, 0.25) is 0 Å². The van der Waals surface area contributed by atoms with Crippen LogP contribution in [0.3, 0.4) is 0 Å². The largest absolute Gasteiger partial charge is 0.421 e. The number of nitrogens with one attached hydrogen (secondary N) is 3. The molecule has 2 aromatic carbocycles. The van der Waals surface area contributed by atoms with Gasteiger partial charge in [0, 0.05) is 64.4 Å². The van der Waals surface area contributed by atoms with Crippen molar-refractivity contribution in [3.8, 4) is 0 Å². The van der Waals surface area contributed by atoms with Crippen LogP contribution in [0.5, 0.6) is 0 Å². The Balaban J connectivity index is 1.61. The highest BCUT2D eigenvalue weighted by molar-refractivity contribution is 7.85. The minimum absolute atomic E-state index is 0.0843. The summed E-state index contributed by atoms with van der Waals surface area (Å²) in [5.41, 5.74) is 0.692. The summed E-state index contributed by atoms with van der Waals surface area (Å²) < 4.78 is 84.4. The van der Waals surface area contributed by atoms with E-state index in [-0.39, 0.29) is 23.9 Å². The van der Waals surface area contributed by atoms with Crippen LogP contribution < -0.4 is 25.2 Å². The lowest BCUT2D eigenvalue weighted by Gasteiger charge is -2.30. The molecule has 0 aliphatic carbocycles. The van der Waals surface area contributed by atoms with Crippen LogP contribution >= 0.6 is 0 Å². The second kappa shape index (κ2) is 11.7. The van der Waals surface area contributed by atoms with Crippen molar-refractivity contribution >= 4 is 39.8 Å². The molecule has 1 saturated heterocycles. The highest BCUT2D eigenvalue weighted by atomic mass is 32.2. The molecule has 2 heterocycles. The average molecular weight is 570 g/mol. The van der Waals surface area contributed by atoms with Crippen LogP contribution in [0.25, 0.3) is 0 Å². The Morgan fingerprint density at radius 3 is 2.51 bits per heavy atom. The molecule has 4 rings (SSSR count). The number of aromatic nitrogens is 2. The molecule has 1 aliphatic rings. The molecule has 1 fully saturated rings. The molecule has 0 radical (unpaired) electrons. The van der Waals surface area contributed by atoms with Crippen molar-refractivity contribution in [3.63, 3.8) is 0 Å². The van der Waals surface area contributed by atoms with Crippen molar-refractivity contribution in [2.24, 2.45) is 0 Å². The summed E-state index contributed by atoms with van der Waals surface area (Å²) in [7, 11) is 0.251. The van der Waals surface area contributed by atoms with Crippen LogP contribution in [0, 0.1) is 18.6 Å². The third kappa shape index (κ3) is 6.74. The number of rotatable bonds is 8. The summed E-state index contributed by atoms with van der Waals surface area (Å²) in [5.74, 6) is -2.39. The number of halogens is 5. The van der Waals surface area contributed by atoms with Crippen molar-refractivity contribution in [2.75, 3.05) is 59.3 Å². The summed E-state index contributed by atoms with van der Waals surface area (Å²) >= 11 is 0. The number of piperazine rings is 1. The average Bonchev–Trinajstić information content (AvgIpc) is 2.89.